The average Bonchev–Trinajstić information content (AvgIpc) is 3.02. The van der Waals surface area contributed by atoms with Gasteiger partial charge in [0, 0.05) is 18.8 Å². The Morgan fingerprint density at radius 3 is 2.89 bits per heavy atom. The van der Waals surface area contributed by atoms with Gasteiger partial charge in [-0.1, -0.05) is 6.92 Å². The van der Waals surface area contributed by atoms with Crippen molar-refractivity contribution in [2.24, 2.45) is 0 Å². The van der Waals surface area contributed by atoms with Gasteiger partial charge in [0.2, 0.25) is 0 Å². The van der Waals surface area contributed by atoms with Crippen LogP contribution in [0.2, 0.25) is 0 Å². The maximum atomic E-state index is 5.74. The van der Waals surface area contributed by atoms with Gasteiger partial charge in [-0.15, -0.1) is 11.6 Å². The molecule has 0 atom stereocenters. The van der Waals surface area contributed by atoms with Crippen LogP contribution in [0.15, 0.2) is 16.7 Å². The molecule has 0 bridgehead atoms. The summed E-state index contributed by atoms with van der Waals surface area (Å²) in [7, 11) is 0. The van der Waals surface area contributed by atoms with Crippen LogP contribution in [0.5, 0.6) is 0 Å². The van der Waals surface area contributed by atoms with Crippen molar-refractivity contribution >= 4 is 11.6 Å². The maximum Gasteiger partial charge on any atom is 0.195 e. The molecular weight excluding hydrogens is 250 g/mol. The molecule has 0 fully saturated rings. The van der Waals surface area contributed by atoms with Gasteiger partial charge in [-0.25, -0.2) is 4.98 Å². The fraction of sp³-hybridized carbons (Fsp3) is 0.538. The lowest BCUT2D eigenvalue weighted by atomic mass is 10.3. The quantitative estimate of drug-likeness (QED) is 0.755. The van der Waals surface area contributed by atoms with Crippen LogP contribution in [-0.2, 0) is 19.4 Å². The molecule has 2 rings (SSSR count). The summed E-state index contributed by atoms with van der Waals surface area (Å²) in [5.74, 6) is 2.16. The van der Waals surface area contributed by atoms with E-state index >= 15 is 0 Å². The SMILES string of the molecule is CCc1cc(-c2cnc(CCCCl)o2)n(CC)n1. The average molecular weight is 268 g/mol. The number of nitrogens with zero attached hydrogens (tertiary/aromatic N) is 3. The first-order valence-electron chi connectivity index (χ1n) is 6.36. The van der Waals surface area contributed by atoms with E-state index in [0.717, 1.165) is 48.8 Å². The van der Waals surface area contributed by atoms with E-state index in [9.17, 15) is 0 Å². The summed E-state index contributed by atoms with van der Waals surface area (Å²) < 4.78 is 7.69. The number of alkyl halides is 1. The number of aryl methyl sites for hydroxylation is 3. The zero-order valence-electron chi connectivity index (χ0n) is 10.8. The molecule has 0 spiro atoms. The van der Waals surface area contributed by atoms with Crippen LogP contribution in [0.1, 0.15) is 31.9 Å². The van der Waals surface area contributed by atoms with E-state index < -0.39 is 0 Å². The van der Waals surface area contributed by atoms with Crippen LogP contribution in [0.4, 0.5) is 0 Å². The first kappa shape index (κ1) is 13.1. The molecule has 2 aromatic rings. The molecule has 5 heteroatoms. The van der Waals surface area contributed by atoms with Crippen molar-refractivity contribution in [2.75, 3.05) is 5.88 Å². The van der Waals surface area contributed by atoms with E-state index in [1.165, 1.54) is 0 Å². The standard InChI is InChI=1S/C13H18ClN3O/c1-3-10-8-11(17(4-2)16-10)12-9-15-13(18-12)6-5-7-14/h8-9H,3-7H2,1-2H3. The minimum atomic E-state index is 0.630. The van der Waals surface area contributed by atoms with Gasteiger partial charge in [0.05, 0.1) is 11.9 Å². The van der Waals surface area contributed by atoms with Crippen molar-refractivity contribution in [1.82, 2.24) is 14.8 Å². The highest BCUT2D eigenvalue weighted by Crippen LogP contribution is 2.22. The molecule has 0 aliphatic heterocycles. The molecule has 0 radical (unpaired) electrons. The third-order valence-electron chi connectivity index (χ3n) is 2.82. The predicted molar refractivity (Wildman–Crippen MR) is 71.8 cm³/mol. The van der Waals surface area contributed by atoms with E-state index in [0.29, 0.717) is 5.88 Å². The molecule has 98 valence electrons. The fourth-order valence-electron chi connectivity index (χ4n) is 1.84. The van der Waals surface area contributed by atoms with Crippen LogP contribution in [0.25, 0.3) is 11.5 Å². The van der Waals surface area contributed by atoms with Gasteiger partial charge >= 0.3 is 0 Å². The largest absolute Gasteiger partial charge is 0.439 e. The second-order valence-corrected chi connectivity index (χ2v) is 4.48. The Labute approximate surface area is 112 Å². The lowest BCUT2D eigenvalue weighted by molar-refractivity contribution is 0.496. The highest BCUT2D eigenvalue weighted by molar-refractivity contribution is 6.17. The Morgan fingerprint density at radius 2 is 2.22 bits per heavy atom. The zero-order valence-corrected chi connectivity index (χ0v) is 11.6. The molecule has 0 saturated heterocycles. The predicted octanol–water partition coefficient (Wildman–Crippen LogP) is 3.29. The topological polar surface area (TPSA) is 43.9 Å². The molecule has 18 heavy (non-hydrogen) atoms. The smallest absolute Gasteiger partial charge is 0.195 e. The summed E-state index contributed by atoms with van der Waals surface area (Å²) in [5.41, 5.74) is 2.07. The van der Waals surface area contributed by atoms with Crippen molar-refractivity contribution in [1.29, 1.82) is 0 Å². The van der Waals surface area contributed by atoms with Gasteiger partial charge in [-0.2, -0.15) is 5.10 Å². The first-order chi connectivity index (χ1) is 8.78. The summed E-state index contributed by atoms with van der Waals surface area (Å²) in [4.78, 5) is 4.27. The van der Waals surface area contributed by atoms with E-state index in [1.807, 2.05) is 4.68 Å². The van der Waals surface area contributed by atoms with Gasteiger partial charge < -0.3 is 4.42 Å². The lowest BCUT2D eigenvalue weighted by Gasteiger charge is -2.00. The fourth-order valence-corrected chi connectivity index (χ4v) is 1.98. The van der Waals surface area contributed by atoms with E-state index in [4.69, 9.17) is 16.0 Å². The summed E-state index contributed by atoms with van der Waals surface area (Å²) in [6.45, 7) is 4.99. The highest BCUT2D eigenvalue weighted by atomic mass is 35.5. The van der Waals surface area contributed by atoms with E-state index in [-0.39, 0.29) is 0 Å². The normalized spacial score (nSPS) is 11.1. The summed E-state index contributed by atoms with van der Waals surface area (Å²) in [6.07, 6.45) is 4.36. The second-order valence-electron chi connectivity index (χ2n) is 4.10. The molecule has 0 aliphatic rings. The minimum Gasteiger partial charge on any atom is -0.439 e. The minimum absolute atomic E-state index is 0.630. The van der Waals surface area contributed by atoms with Crippen LogP contribution in [0, 0.1) is 0 Å². The molecule has 0 amide bonds. The molecule has 4 nitrogen and oxygen atoms in total. The van der Waals surface area contributed by atoms with Crippen LogP contribution >= 0.6 is 11.6 Å². The highest BCUT2D eigenvalue weighted by Gasteiger charge is 2.12. The molecule has 0 aromatic carbocycles. The zero-order chi connectivity index (χ0) is 13.0. The lowest BCUT2D eigenvalue weighted by Crippen LogP contribution is -1.99. The Bertz CT molecular complexity index is 504. The van der Waals surface area contributed by atoms with Gasteiger partial charge in [0.15, 0.2) is 11.7 Å². The monoisotopic (exact) mass is 267 g/mol. The molecule has 0 saturated carbocycles. The molecule has 0 N–H and O–H groups in total. The molecule has 2 aromatic heterocycles. The van der Waals surface area contributed by atoms with Crippen molar-refractivity contribution in [3.63, 3.8) is 0 Å². The van der Waals surface area contributed by atoms with Crippen molar-refractivity contribution in [3.8, 4) is 11.5 Å². The maximum absolute atomic E-state index is 5.74. The van der Waals surface area contributed by atoms with Crippen molar-refractivity contribution in [2.45, 2.75) is 39.7 Å². The van der Waals surface area contributed by atoms with Gasteiger partial charge in [-0.3, -0.25) is 4.68 Å². The summed E-state index contributed by atoms with van der Waals surface area (Å²) in [5, 5.41) is 4.50. The van der Waals surface area contributed by atoms with Gasteiger partial charge in [-0.05, 0) is 25.8 Å². The summed E-state index contributed by atoms with van der Waals surface area (Å²) >= 11 is 5.66. The number of rotatable bonds is 6. The number of aromatic nitrogens is 3. The number of halogens is 1. The van der Waals surface area contributed by atoms with Gasteiger partial charge in [0.1, 0.15) is 5.69 Å². The number of oxazole rings is 1. The van der Waals surface area contributed by atoms with Crippen molar-refractivity contribution < 1.29 is 4.42 Å². The molecule has 2 heterocycles. The van der Waals surface area contributed by atoms with Gasteiger partial charge in [0.25, 0.3) is 0 Å². The van der Waals surface area contributed by atoms with Crippen LogP contribution in [0.3, 0.4) is 0 Å². The van der Waals surface area contributed by atoms with Crippen molar-refractivity contribution in [3.05, 3.63) is 23.8 Å². The van der Waals surface area contributed by atoms with E-state index in [1.54, 1.807) is 6.20 Å². The summed E-state index contributed by atoms with van der Waals surface area (Å²) in [6, 6.07) is 2.06. The second kappa shape index (κ2) is 6.05. The van der Waals surface area contributed by atoms with Crippen LogP contribution < -0.4 is 0 Å². The molecule has 0 aliphatic carbocycles. The van der Waals surface area contributed by atoms with E-state index in [2.05, 4.69) is 30.0 Å². The first-order valence-corrected chi connectivity index (χ1v) is 6.89. The third kappa shape index (κ3) is 2.75. The Balaban J connectivity index is 2.24. The Kier molecular flexibility index (Phi) is 4.42. The Hall–Kier alpha value is -1.29. The number of hydrogen-bond acceptors (Lipinski definition) is 3. The Morgan fingerprint density at radius 1 is 1.39 bits per heavy atom. The molecule has 0 unspecified atom stereocenters. The number of hydrogen-bond donors (Lipinski definition) is 0. The molecular formula is C13H18ClN3O. The third-order valence-corrected chi connectivity index (χ3v) is 3.09. The van der Waals surface area contributed by atoms with Crippen LogP contribution in [-0.4, -0.2) is 20.6 Å².